The number of hydrogen-bond acceptors (Lipinski definition) is 14. The van der Waals surface area contributed by atoms with Crippen molar-refractivity contribution in [2.45, 2.75) is 44.2 Å². The molecule has 4 atom stereocenters. The predicted octanol–water partition coefficient (Wildman–Crippen LogP) is 7.27. The van der Waals surface area contributed by atoms with Gasteiger partial charge in [0.05, 0.1) is 125 Å². The number of ether oxygens (including phenoxy) is 12. The molecule has 0 aromatic heterocycles. The first kappa shape index (κ1) is 51.9. The van der Waals surface area contributed by atoms with Crippen LogP contribution in [-0.4, -0.2) is 145 Å². The quantitative estimate of drug-likeness (QED) is 0.0318. The molecular formula is C53H70N2O14+2. The molecule has 4 aromatic carbocycles. The van der Waals surface area contributed by atoms with Crippen molar-refractivity contribution in [2.24, 2.45) is 0 Å². The van der Waals surface area contributed by atoms with Gasteiger partial charge in [-0.2, -0.15) is 0 Å². The summed E-state index contributed by atoms with van der Waals surface area (Å²) in [4.78, 5) is 25.8. The highest BCUT2D eigenvalue weighted by Gasteiger charge is 2.43. The average Bonchev–Trinajstić information content (AvgIpc) is 3.37. The Balaban J connectivity index is 1.08. The summed E-state index contributed by atoms with van der Waals surface area (Å²) in [7, 11) is 20.6. The Morgan fingerprint density at radius 2 is 0.884 bits per heavy atom. The van der Waals surface area contributed by atoms with Crippen LogP contribution in [0.2, 0.25) is 0 Å². The molecule has 0 aliphatic carbocycles. The Hall–Kier alpha value is -6.52. The molecule has 0 fully saturated rings. The fourth-order valence-corrected chi connectivity index (χ4v) is 10.1. The van der Waals surface area contributed by atoms with E-state index in [1.165, 1.54) is 5.56 Å². The number of hydrogen-bond donors (Lipinski definition) is 0. The van der Waals surface area contributed by atoms with Crippen LogP contribution in [0.4, 0.5) is 0 Å². The van der Waals surface area contributed by atoms with Crippen molar-refractivity contribution in [1.82, 2.24) is 0 Å². The molecule has 2 heterocycles. The predicted molar refractivity (Wildman–Crippen MR) is 259 cm³/mol. The van der Waals surface area contributed by atoms with Gasteiger partial charge in [-0.25, -0.2) is 9.59 Å². The van der Waals surface area contributed by atoms with Gasteiger partial charge in [0.25, 0.3) is 0 Å². The van der Waals surface area contributed by atoms with Gasteiger partial charge in [0.15, 0.2) is 46.0 Å². The summed E-state index contributed by atoms with van der Waals surface area (Å²) in [6.45, 7) is 3.36. The minimum atomic E-state index is -0.622. The largest absolute Gasteiger partial charge is 0.493 e. The Morgan fingerprint density at radius 3 is 1.33 bits per heavy atom. The van der Waals surface area contributed by atoms with Crippen molar-refractivity contribution in [3.05, 3.63) is 94.1 Å². The third-order valence-electron chi connectivity index (χ3n) is 13.7. The van der Waals surface area contributed by atoms with Crippen molar-refractivity contribution in [1.29, 1.82) is 0 Å². The number of fused-ring (bicyclic) bond motifs is 2. The molecule has 69 heavy (non-hydrogen) atoms. The average molecular weight is 959 g/mol. The van der Waals surface area contributed by atoms with Gasteiger partial charge in [-0.15, -0.1) is 0 Å². The summed E-state index contributed by atoms with van der Waals surface area (Å²) < 4.78 is 69.5. The Labute approximate surface area is 406 Å². The summed E-state index contributed by atoms with van der Waals surface area (Å²) in [6, 6.07) is 16.0. The number of rotatable bonds is 23. The lowest BCUT2D eigenvalue weighted by molar-refractivity contribution is -0.941. The smallest absolute Gasteiger partial charge is 0.331 e. The van der Waals surface area contributed by atoms with Crippen LogP contribution < -0.4 is 47.4 Å². The van der Waals surface area contributed by atoms with Crippen molar-refractivity contribution >= 4 is 11.9 Å². The first-order chi connectivity index (χ1) is 33.3. The molecule has 0 N–H and O–H groups in total. The zero-order valence-corrected chi connectivity index (χ0v) is 42.3. The number of esters is 2. The molecule has 0 saturated carbocycles. The number of carbonyl (C=O) groups excluding carboxylic acids is 2. The van der Waals surface area contributed by atoms with Crippen molar-refractivity contribution in [3.8, 4) is 57.5 Å². The lowest BCUT2D eigenvalue weighted by Gasteiger charge is -2.46. The molecule has 0 spiro atoms. The molecule has 4 unspecified atom stereocenters. The molecule has 2 aliphatic heterocycles. The Morgan fingerprint density at radius 1 is 0.493 bits per heavy atom. The monoisotopic (exact) mass is 958 g/mol. The second kappa shape index (κ2) is 23.2. The fraction of sp³-hybridized carbons (Fsp3) is 0.472. The van der Waals surface area contributed by atoms with E-state index in [0.717, 1.165) is 65.9 Å². The summed E-state index contributed by atoms with van der Waals surface area (Å²) >= 11 is 0. The zero-order chi connectivity index (χ0) is 49.9. The van der Waals surface area contributed by atoms with E-state index in [1.54, 1.807) is 71.1 Å². The van der Waals surface area contributed by atoms with E-state index in [1.807, 2.05) is 36.4 Å². The molecule has 0 bridgehead atoms. The van der Waals surface area contributed by atoms with E-state index in [9.17, 15) is 9.59 Å². The lowest BCUT2D eigenvalue weighted by atomic mass is 9.85. The minimum Gasteiger partial charge on any atom is -0.493 e. The number of benzene rings is 4. The van der Waals surface area contributed by atoms with Gasteiger partial charge in [-0.3, -0.25) is 0 Å². The number of quaternary nitrogens is 2. The van der Waals surface area contributed by atoms with Gasteiger partial charge in [-0.1, -0.05) is 0 Å². The molecule has 16 heteroatoms. The molecule has 0 saturated heterocycles. The molecule has 4 aromatic rings. The number of carbonyl (C=O) groups is 2. The Bertz CT molecular complexity index is 2420. The molecule has 374 valence electrons. The second-order valence-electron chi connectivity index (χ2n) is 17.7. The van der Waals surface area contributed by atoms with Crippen LogP contribution in [0.15, 0.2) is 60.7 Å². The maximum Gasteiger partial charge on any atom is 0.331 e. The molecular weight excluding hydrogens is 889 g/mol. The van der Waals surface area contributed by atoms with Crippen LogP contribution in [0.25, 0.3) is 0 Å². The number of nitrogens with zero attached hydrogens (tertiary/aromatic N) is 2. The number of methoxy groups -OCH3 is 10. The van der Waals surface area contributed by atoms with Gasteiger partial charge in [0, 0.05) is 60.9 Å². The first-order valence-electron chi connectivity index (χ1n) is 23.1. The van der Waals surface area contributed by atoms with Gasteiger partial charge in [0.1, 0.15) is 12.1 Å². The van der Waals surface area contributed by atoms with E-state index >= 15 is 0 Å². The molecule has 0 radical (unpaired) electrons. The van der Waals surface area contributed by atoms with Crippen molar-refractivity contribution in [2.75, 3.05) is 125 Å². The zero-order valence-electron chi connectivity index (χ0n) is 42.3. The van der Waals surface area contributed by atoms with Gasteiger partial charge in [0.2, 0.25) is 11.5 Å². The highest BCUT2D eigenvalue weighted by Crippen LogP contribution is 2.49. The van der Waals surface area contributed by atoms with Crippen molar-refractivity contribution in [3.63, 3.8) is 0 Å². The van der Waals surface area contributed by atoms with E-state index in [0.29, 0.717) is 98.8 Å². The minimum absolute atomic E-state index is 0.00465. The van der Waals surface area contributed by atoms with Crippen molar-refractivity contribution < 1.29 is 75.4 Å². The SMILES string of the molecule is COc1cc2c(cc1OC)C(Cc1cc(OC)c(OC)c(OC)c1)[N+](C)(CCCOC(=O)/C=C\C(=O)OCCC[N+]1(C)CCc3cc(OC)c(OC)cc3C1c1cc(OC)c(OC)c(OC)c1)CC2. The summed E-state index contributed by atoms with van der Waals surface area (Å²) in [5.41, 5.74) is 6.57. The molecule has 16 nitrogen and oxygen atoms in total. The van der Waals surface area contributed by atoms with Crippen LogP contribution in [0.5, 0.6) is 57.5 Å². The topological polar surface area (TPSA) is 145 Å². The van der Waals surface area contributed by atoms with Crippen LogP contribution in [0, 0.1) is 0 Å². The summed E-state index contributed by atoms with van der Waals surface area (Å²) in [6.07, 6.45) is 5.68. The molecule has 6 rings (SSSR count). The maximum absolute atomic E-state index is 12.9. The number of likely N-dealkylation sites (N-methyl/N-ethyl adjacent to an activating group) is 2. The Kier molecular flexibility index (Phi) is 17.4. The lowest BCUT2D eigenvalue weighted by Crippen LogP contribution is -2.52. The maximum atomic E-state index is 12.9. The molecule has 2 aliphatic rings. The van der Waals surface area contributed by atoms with E-state index in [2.05, 4.69) is 26.2 Å². The first-order valence-corrected chi connectivity index (χ1v) is 23.1. The highest BCUT2D eigenvalue weighted by molar-refractivity contribution is 5.91. The van der Waals surface area contributed by atoms with E-state index in [4.69, 9.17) is 56.8 Å². The summed E-state index contributed by atoms with van der Waals surface area (Å²) in [5, 5.41) is 0. The fourth-order valence-electron chi connectivity index (χ4n) is 10.1. The van der Waals surface area contributed by atoms with Gasteiger partial charge < -0.3 is 65.8 Å². The normalized spacial score (nSPS) is 19.4. The van der Waals surface area contributed by atoms with Crippen LogP contribution in [0.1, 0.15) is 58.3 Å². The molecule has 0 amide bonds. The van der Waals surface area contributed by atoms with E-state index < -0.39 is 11.9 Å². The van der Waals surface area contributed by atoms with Crippen LogP contribution >= 0.6 is 0 Å². The second-order valence-corrected chi connectivity index (χ2v) is 17.7. The van der Waals surface area contributed by atoms with E-state index in [-0.39, 0.29) is 25.3 Å². The van der Waals surface area contributed by atoms with Crippen LogP contribution in [-0.2, 0) is 38.3 Å². The highest BCUT2D eigenvalue weighted by atomic mass is 16.6. The van der Waals surface area contributed by atoms with Gasteiger partial charge in [-0.05, 0) is 65.2 Å². The summed E-state index contributed by atoms with van der Waals surface area (Å²) in [5.74, 6) is 4.71. The van der Waals surface area contributed by atoms with Crippen LogP contribution in [0.3, 0.4) is 0 Å². The third-order valence-corrected chi connectivity index (χ3v) is 13.7. The standard InChI is InChI=1S/C53H70N2O14/c1-54(21-17-35-28-41(58-3)43(60-5)32-38(35)40(54)25-34-26-45(62-7)52(66-11)46(27-34)63-8)19-13-23-68-49(56)15-16-50(57)69-24-14-20-55(2)22-18-36-29-42(59-4)44(61-6)33-39(36)51(55)37-30-47(64-9)53(67-12)48(31-37)65-10/h15-16,26-33,40,51H,13-14,17-25H2,1-12H3/q+2/b16-15-. The third kappa shape index (κ3) is 11.3. The van der Waals surface area contributed by atoms with Gasteiger partial charge >= 0.3 is 11.9 Å².